The second-order valence-corrected chi connectivity index (χ2v) is 6.40. The van der Waals surface area contributed by atoms with E-state index in [-0.39, 0.29) is 18.3 Å². The predicted molar refractivity (Wildman–Crippen MR) is 117 cm³/mol. The quantitative estimate of drug-likeness (QED) is 0.538. The fourth-order valence-electron chi connectivity index (χ4n) is 2.64. The van der Waals surface area contributed by atoms with E-state index in [9.17, 15) is 4.79 Å². The van der Waals surface area contributed by atoms with Gasteiger partial charge in [-0.2, -0.15) is 0 Å². The van der Waals surface area contributed by atoms with Crippen LogP contribution in [-0.4, -0.2) is 17.4 Å². The van der Waals surface area contributed by atoms with E-state index in [1.165, 1.54) is 6.08 Å². The Morgan fingerprint density at radius 2 is 1.89 bits per heavy atom. The van der Waals surface area contributed by atoms with Crippen LogP contribution in [0.5, 0.6) is 0 Å². The Hall–Kier alpha value is -2.56. The normalized spacial score (nSPS) is 10.6. The van der Waals surface area contributed by atoms with Crippen molar-refractivity contribution in [3.05, 3.63) is 70.8 Å². The van der Waals surface area contributed by atoms with Crippen LogP contribution in [-0.2, 0) is 4.79 Å². The molecule has 0 aliphatic heterocycles. The van der Waals surface area contributed by atoms with Gasteiger partial charge in [-0.15, -0.1) is 12.4 Å². The van der Waals surface area contributed by atoms with Crippen LogP contribution >= 0.6 is 24.0 Å². The molecule has 6 heteroatoms. The SMILES string of the molecule is CCNc1nc2ccc(NC(=O)C=Cc3ccc(Cl)cc3)cc2cc1C.Cl. The van der Waals surface area contributed by atoms with Gasteiger partial charge in [-0.1, -0.05) is 23.7 Å². The first-order chi connectivity index (χ1) is 12.5. The van der Waals surface area contributed by atoms with Gasteiger partial charge in [0.2, 0.25) is 5.91 Å². The molecule has 3 aromatic rings. The fourth-order valence-corrected chi connectivity index (χ4v) is 2.76. The number of hydrogen-bond acceptors (Lipinski definition) is 3. The van der Waals surface area contributed by atoms with Crippen LogP contribution in [0.2, 0.25) is 5.02 Å². The van der Waals surface area contributed by atoms with Gasteiger partial charge < -0.3 is 10.6 Å². The lowest BCUT2D eigenvalue weighted by molar-refractivity contribution is -0.111. The molecule has 2 N–H and O–H groups in total. The molecule has 140 valence electrons. The van der Waals surface area contributed by atoms with Crippen molar-refractivity contribution in [2.75, 3.05) is 17.2 Å². The summed E-state index contributed by atoms with van der Waals surface area (Å²) < 4.78 is 0. The largest absolute Gasteiger partial charge is 0.370 e. The van der Waals surface area contributed by atoms with Gasteiger partial charge in [-0.25, -0.2) is 4.98 Å². The second-order valence-electron chi connectivity index (χ2n) is 5.97. The van der Waals surface area contributed by atoms with Gasteiger partial charge in [-0.3, -0.25) is 4.79 Å². The van der Waals surface area contributed by atoms with E-state index >= 15 is 0 Å². The number of halogens is 2. The Balaban J connectivity index is 0.00000261. The maximum Gasteiger partial charge on any atom is 0.248 e. The summed E-state index contributed by atoms with van der Waals surface area (Å²) in [5, 5.41) is 7.79. The zero-order chi connectivity index (χ0) is 18.5. The molecule has 0 aliphatic carbocycles. The number of carbonyl (C=O) groups excluding carboxylic acids is 1. The molecule has 0 radical (unpaired) electrons. The van der Waals surface area contributed by atoms with Crippen LogP contribution < -0.4 is 10.6 Å². The second kappa shape index (κ2) is 9.40. The van der Waals surface area contributed by atoms with Crippen molar-refractivity contribution in [1.82, 2.24) is 4.98 Å². The number of hydrogen-bond donors (Lipinski definition) is 2. The molecule has 3 rings (SSSR count). The van der Waals surface area contributed by atoms with Crippen LogP contribution in [0.1, 0.15) is 18.1 Å². The standard InChI is InChI=1S/C21H20ClN3O.ClH/c1-3-23-21-14(2)12-16-13-18(9-10-19(16)25-21)24-20(26)11-6-15-4-7-17(22)8-5-15;/h4-13H,3H2,1-2H3,(H,23,25)(H,24,26);1H. The molecular weight excluding hydrogens is 381 g/mol. The first kappa shape index (κ1) is 20.7. The molecule has 27 heavy (non-hydrogen) atoms. The zero-order valence-electron chi connectivity index (χ0n) is 15.1. The number of nitrogens with zero attached hydrogens (tertiary/aromatic N) is 1. The average Bonchev–Trinajstić information content (AvgIpc) is 2.62. The van der Waals surface area contributed by atoms with E-state index in [2.05, 4.69) is 21.7 Å². The average molecular weight is 402 g/mol. The lowest BCUT2D eigenvalue weighted by atomic mass is 10.1. The summed E-state index contributed by atoms with van der Waals surface area (Å²) in [7, 11) is 0. The molecule has 2 aromatic carbocycles. The molecule has 1 heterocycles. The summed E-state index contributed by atoms with van der Waals surface area (Å²) in [4.78, 5) is 16.8. The number of amides is 1. The molecule has 1 amide bonds. The number of aromatic nitrogens is 1. The highest BCUT2D eigenvalue weighted by Gasteiger charge is 2.05. The summed E-state index contributed by atoms with van der Waals surface area (Å²) in [6, 6.07) is 15.1. The third-order valence-corrected chi connectivity index (χ3v) is 4.17. The van der Waals surface area contributed by atoms with Gasteiger partial charge in [0.25, 0.3) is 0 Å². The molecule has 0 spiro atoms. The minimum Gasteiger partial charge on any atom is -0.370 e. The fraction of sp³-hybridized carbons (Fsp3) is 0.143. The number of aryl methyl sites for hydroxylation is 1. The highest BCUT2D eigenvalue weighted by molar-refractivity contribution is 6.30. The lowest BCUT2D eigenvalue weighted by Crippen LogP contribution is -2.07. The molecule has 0 fully saturated rings. The van der Waals surface area contributed by atoms with Crippen molar-refractivity contribution in [2.45, 2.75) is 13.8 Å². The van der Waals surface area contributed by atoms with Crippen LogP contribution in [0.3, 0.4) is 0 Å². The highest BCUT2D eigenvalue weighted by atomic mass is 35.5. The number of carbonyl (C=O) groups is 1. The highest BCUT2D eigenvalue weighted by Crippen LogP contribution is 2.23. The lowest BCUT2D eigenvalue weighted by Gasteiger charge is -2.09. The smallest absolute Gasteiger partial charge is 0.248 e. The molecule has 0 bridgehead atoms. The third kappa shape index (κ3) is 5.46. The van der Waals surface area contributed by atoms with Gasteiger partial charge in [0.15, 0.2) is 0 Å². The van der Waals surface area contributed by atoms with E-state index in [1.807, 2.05) is 44.2 Å². The Labute approximate surface area is 170 Å². The number of anilines is 2. The van der Waals surface area contributed by atoms with Crippen LogP contribution in [0.25, 0.3) is 17.0 Å². The van der Waals surface area contributed by atoms with Crippen LogP contribution in [0.4, 0.5) is 11.5 Å². The molecule has 0 unspecified atom stereocenters. The minimum atomic E-state index is -0.187. The van der Waals surface area contributed by atoms with E-state index in [0.717, 1.165) is 40.1 Å². The maximum atomic E-state index is 12.1. The summed E-state index contributed by atoms with van der Waals surface area (Å²) in [5.74, 6) is 0.705. The van der Waals surface area contributed by atoms with Gasteiger partial charge in [0, 0.05) is 28.7 Å². The van der Waals surface area contributed by atoms with Gasteiger partial charge in [0.05, 0.1) is 5.52 Å². The summed E-state index contributed by atoms with van der Waals surface area (Å²) in [6.07, 6.45) is 3.26. The molecular formula is C21H21Cl2N3O. The van der Waals surface area contributed by atoms with Gasteiger partial charge in [0.1, 0.15) is 5.82 Å². The molecule has 1 aromatic heterocycles. The van der Waals surface area contributed by atoms with Crippen molar-refractivity contribution >= 4 is 58.4 Å². The number of nitrogens with one attached hydrogen (secondary N) is 2. The summed E-state index contributed by atoms with van der Waals surface area (Å²) in [5.41, 5.74) is 3.62. The maximum absolute atomic E-state index is 12.1. The molecule has 0 atom stereocenters. The Morgan fingerprint density at radius 3 is 2.59 bits per heavy atom. The Kier molecular flexibility index (Phi) is 7.22. The summed E-state index contributed by atoms with van der Waals surface area (Å²) >= 11 is 5.86. The molecule has 0 saturated heterocycles. The Morgan fingerprint density at radius 1 is 1.15 bits per heavy atom. The Bertz CT molecular complexity index is 969. The van der Waals surface area contributed by atoms with E-state index < -0.39 is 0 Å². The van der Waals surface area contributed by atoms with Crippen LogP contribution in [0, 0.1) is 6.92 Å². The van der Waals surface area contributed by atoms with E-state index in [4.69, 9.17) is 11.6 Å². The van der Waals surface area contributed by atoms with Crippen molar-refractivity contribution < 1.29 is 4.79 Å². The van der Waals surface area contributed by atoms with Gasteiger partial charge >= 0.3 is 0 Å². The molecule has 4 nitrogen and oxygen atoms in total. The number of pyridine rings is 1. The molecule has 0 aliphatic rings. The van der Waals surface area contributed by atoms with Crippen molar-refractivity contribution in [1.29, 1.82) is 0 Å². The monoisotopic (exact) mass is 401 g/mol. The predicted octanol–water partition coefficient (Wildman–Crippen LogP) is 5.70. The van der Waals surface area contributed by atoms with E-state index in [1.54, 1.807) is 18.2 Å². The number of fused-ring (bicyclic) bond motifs is 1. The van der Waals surface area contributed by atoms with Crippen molar-refractivity contribution in [3.63, 3.8) is 0 Å². The minimum absolute atomic E-state index is 0. The zero-order valence-corrected chi connectivity index (χ0v) is 16.7. The van der Waals surface area contributed by atoms with E-state index in [0.29, 0.717) is 5.02 Å². The van der Waals surface area contributed by atoms with Crippen LogP contribution in [0.15, 0.2) is 54.6 Å². The first-order valence-corrected chi connectivity index (χ1v) is 8.83. The number of rotatable bonds is 5. The van der Waals surface area contributed by atoms with Gasteiger partial charge in [-0.05, 0) is 67.4 Å². The number of benzene rings is 2. The summed E-state index contributed by atoms with van der Waals surface area (Å²) in [6.45, 7) is 4.89. The third-order valence-electron chi connectivity index (χ3n) is 3.91. The molecule has 0 saturated carbocycles. The first-order valence-electron chi connectivity index (χ1n) is 8.45. The topological polar surface area (TPSA) is 54.0 Å². The van der Waals surface area contributed by atoms with Crippen molar-refractivity contribution in [2.24, 2.45) is 0 Å². The van der Waals surface area contributed by atoms with Crippen molar-refractivity contribution in [3.8, 4) is 0 Å².